The van der Waals surface area contributed by atoms with Gasteiger partial charge in [0, 0.05) is 18.7 Å². The van der Waals surface area contributed by atoms with Crippen LogP contribution in [-0.2, 0) is 0 Å². The van der Waals surface area contributed by atoms with E-state index in [1.807, 2.05) is 26.2 Å². The maximum Gasteiger partial charge on any atom is 0.257 e. The van der Waals surface area contributed by atoms with Gasteiger partial charge in [-0.25, -0.2) is 9.97 Å². The topological polar surface area (TPSA) is 79.4 Å². The van der Waals surface area contributed by atoms with Crippen LogP contribution in [0.1, 0.15) is 10.4 Å². The number of anilines is 2. The van der Waals surface area contributed by atoms with E-state index >= 15 is 0 Å². The maximum atomic E-state index is 12.6. The van der Waals surface area contributed by atoms with Gasteiger partial charge in [-0.2, -0.15) is 0 Å². The van der Waals surface area contributed by atoms with Gasteiger partial charge < -0.3 is 15.0 Å². The van der Waals surface area contributed by atoms with Crippen LogP contribution in [0.5, 0.6) is 5.75 Å². The minimum Gasteiger partial charge on any atom is -0.497 e. The second-order valence-electron chi connectivity index (χ2n) is 6.72. The fraction of sp³-hybridized carbons (Fsp3) is 0.250. The number of likely N-dealkylation sites (N-methyl/N-ethyl adjacent to an activating group) is 1. The minimum absolute atomic E-state index is 0.213. The molecule has 0 bridgehead atoms. The Labute approximate surface area is 176 Å². The molecule has 0 aliphatic carbocycles. The third kappa shape index (κ3) is 4.31. The zero-order valence-corrected chi connectivity index (χ0v) is 18.0. The van der Waals surface area contributed by atoms with Crippen LogP contribution >= 0.6 is 22.7 Å². The predicted octanol–water partition coefficient (Wildman–Crippen LogP) is 4.14. The highest BCUT2D eigenvalue weighted by atomic mass is 32.1. The van der Waals surface area contributed by atoms with Crippen molar-refractivity contribution >= 4 is 59.3 Å². The molecule has 0 saturated heterocycles. The number of aromatic nitrogens is 2. The molecular formula is C20H21N5O2S2. The molecule has 0 radical (unpaired) electrons. The Morgan fingerprint density at radius 3 is 2.45 bits per heavy atom. The monoisotopic (exact) mass is 427 g/mol. The molecule has 2 heterocycles. The van der Waals surface area contributed by atoms with Gasteiger partial charge in [0.15, 0.2) is 10.3 Å². The number of ether oxygens (including phenoxy) is 1. The van der Waals surface area contributed by atoms with Gasteiger partial charge >= 0.3 is 0 Å². The number of fused-ring (bicyclic) bond motifs is 3. The quantitative estimate of drug-likeness (QED) is 0.461. The number of thiazole rings is 2. The Hall–Kier alpha value is -2.75. The first-order valence-corrected chi connectivity index (χ1v) is 10.7. The van der Waals surface area contributed by atoms with E-state index in [-0.39, 0.29) is 5.91 Å². The molecule has 0 unspecified atom stereocenters. The number of hydrogen-bond acceptors (Lipinski definition) is 8. The van der Waals surface area contributed by atoms with E-state index in [0.29, 0.717) is 16.4 Å². The van der Waals surface area contributed by atoms with Crippen molar-refractivity contribution in [1.82, 2.24) is 14.9 Å². The maximum absolute atomic E-state index is 12.6. The van der Waals surface area contributed by atoms with Crippen molar-refractivity contribution < 1.29 is 9.53 Å². The van der Waals surface area contributed by atoms with Crippen LogP contribution in [-0.4, -0.2) is 55.1 Å². The molecule has 1 amide bonds. The molecule has 0 aliphatic heterocycles. The summed E-state index contributed by atoms with van der Waals surface area (Å²) < 4.78 is 7.29. The molecular weight excluding hydrogens is 406 g/mol. The Bertz CT molecular complexity index is 1170. The third-order valence-electron chi connectivity index (χ3n) is 4.30. The fourth-order valence-electron chi connectivity index (χ4n) is 2.82. The van der Waals surface area contributed by atoms with E-state index in [0.717, 1.165) is 38.7 Å². The van der Waals surface area contributed by atoms with E-state index in [1.54, 1.807) is 42.7 Å². The zero-order valence-electron chi connectivity index (χ0n) is 16.4. The highest BCUT2D eigenvalue weighted by molar-refractivity contribution is 7.30. The summed E-state index contributed by atoms with van der Waals surface area (Å²) in [5, 5.41) is 7.72. The minimum atomic E-state index is -0.213. The van der Waals surface area contributed by atoms with Crippen LogP contribution in [0, 0.1) is 0 Å². The number of rotatable bonds is 7. The largest absolute Gasteiger partial charge is 0.497 e. The lowest BCUT2D eigenvalue weighted by atomic mass is 10.2. The first-order valence-electron chi connectivity index (χ1n) is 9.07. The van der Waals surface area contributed by atoms with Crippen LogP contribution in [0.25, 0.3) is 20.4 Å². The lowest BCUT2D eigenvalue weighted by Crippen LogP contribution is -2.20. The summed E-state index contributed by atoms with van der Waals surface area (Å²) in [5.41, 5.74) is 2.31. The van der Waals surface area contributed by atoms with E-state index in [4.69, 9.17) is 4.74 Å². The molecule has 0 saturated carbocycles. The molecule has 2 aromatic heterocycles. The zero-order chi connectivity index (χ0) is 20.4. The number of carbonyl (C=O) groups excluding carboxylic acids is 1. The number of hydrogen-bond donors (Lipinski definition) is 2. The van der Waals surface area contributed by atoms with Crippen molar-refractivity contribution in [3.8, 4) is 5.75 Å². The van der Waals surface area contributed by atoms with Crippen molar-refractivity contribution in [3.05, 3.63) is 42.0 Å². The number of carbonyl (C=O) groups is 1. The van der Waals surface area contributed by atoms with E-state index in [9.17, 15) is 4.79 Å². The van der Waals surface area contributed by atoms with Crippen LogP contribution < -0.4 is 15.4 Å². The highest BCUT2D eigenvalue weighted by Crippen LogP contribution is 2.37. The molecule has 2 N–H and O–H groups in total. The van der Waals surface area contributed by atoms with Gasteiger partial charge in [0.25, 0.3) is 5.91 Å². The van der Waals surface area contributed by atoms with Crippen molar-refractivity contribution in [3.63, 3.8) is 0 Å². The van der Waals surface area contributed by atoms with Crippen LogP contribution in [0.4, 0.5) is 10.3 Å². The van der Waals surface area contributed by atoms with Gasteiger partial charge in [0.1, 0.15) is 5.75 Å². The van der Waals surface area contributed by atoms with Crippen molar-refractivity contribution in [1.29, 1.82) is 0 Å². The number of amides is 1. The summed E-state index contributed by atoms with van der Waals surface area (Å²) in [6, 6.07) is 11.0. The second kappa shape index (κ2) is 8.32. The van der Waals surface area contributed by atoms with Crippen LogP contribution in [0.2, 0.25) is 0 Å². The van der Waals surface area contributed by atoms with Crippen LogP contribution in [0.3, 0.4) is 0 Å². The third-order valence-corrected chi connectivity index (χ3v) is 6.48. The molecule has 0 aliphatic rings. The lowest BCUT2D eigenvalue weighted by molar-refractivity contribution is 0.102. The molecule has 4 aromatic rings. The molecule has 9 heteroatoms. The van der Waals surface area contributed by atoms with Crippen molar-refractivity contribution in [2.24, 2.45) is 0 Å². The molecule has 0 atom stereocenters. The molecule has 150 valence electrons. The van der Waals surface area contributed by atoms with Gasteiger partial charge in [0.2, 0.25) is 0 Å². The normalized spacial score (nSPS) is 11.3. The highest BCUT2D eigenvalue weighted by Gasteiger charge is 2.14. The molecule has 2 aromatic carbocycles. The summed E-state index contributed by atoms with van der Waals surface area (Å²) >= 11 is 3.07. The van der Waals surface area contributed by atoms with Crippen molar-refractivity contribution in [2.75, 3.05) is 44.9 Å². The van der Waals surface area contributed by atoms with Crippen molar-refractivity contribution in [2.45, 2.75) is 0 Å². The Balaban J connectivity index is 1.57. The smallest absolute Gasteiger partial charge is 0.257 e. The van der Waals surface area contributed by atoms with E-state index in [1.165, 1.54) is 11.3 Å². The second-order valence-corrected chi connectivity index (χ2v) is 8.71. The predicted molar refractivity (Wildman–Crippen MR) is 121 cm³/mol. The summed E-state index contributed by atoms with van der Waals surface area (Å²) in [5.74, 6) is 0.428. The van der Waals surface area contributed by atoms with E-state index in [2.05, 4.69) is 25.5 Å². The van der Waals surface area contributed by atoms with Gasteiger partial charge in [0.05, 0.1) is 27.5 Å². The van der Waals surface area contributed by atoms with E-state index < -0.39 is 0 Å². The molecule has 4 rings (SSSR count). The molecule has 0 spiro atoms. The molecule has 7 nitrogen and oxygen atoms in total. The average Bonchev–Trinajstić information content (AvgIpc) is 3.30. The van der Waals surface area contributed by atoms with Gasteiger partial charge in [-0.05, 0) is 44.4 Å². The average molecular weight is 428 g/mol. The fourth-order valence-corrected chi connectivity index (χ4v) is 4.90. The standard InChI is InChI=1S/C20H21N5O2S2/c1-25(2)10-9-21-19-22-14-7-8-15-17(16(14)28-19)29-20(23-15)24-18(26)12-5-4-6-13(11-12)27-3/h4-8,11H,9-10H2,1-3H3,(H,21,22)(H,23,24,26). The summed E-state index contributed by atoms with van der Waals surface area (Å²) in [6.07, 6.45) is 0. The number of methoxy groups -OCH3 is 1. The van der Waals surface area contributed by atoms with Gasteiger partial charge in [-0.3, -0.25) is 10.1 Å². The van der Waals surface area contributed by atoms with Gasteiger partial charge in [-0.15, -0.1) is 0 Å². The number of nitrogens with one attached hydrogen (secondary N) is 2. The summed E-state index contributed by atoms with van der Waals surface area (Å²) in [7, 11) is 5.67. The summed E-state index contributed by atoms with van der Waals surface area (Å²) in [6.45, 7) is 1.77. The Morgan fingerprint density at radius 2 is 1.76 bits per heavy atom. The van der Waals surface area contributed by atoms with Gasteiger partial charge in [-0.1, -0.05) is 28.7 Å². The lowest BCUT2D eigenvalue weighted by Gasteiger charge is -2.08. The first-order chi connectivity index (χ1) is 14.0. The number of benzene rings is 2. The Kier molecular flexibility index (Phi) is 5.61. The summed E-state index contributed by atoms with van der Waals surface area (Å²) in [4.78, 5) is 23.9. The Morgan fingerprint density at radius 1 is 1.07 bits per heavy atom. The molecule has 29 heavy (non-hydrogen) atoms. The molecule has 0 fully saturated rings. The van der Waals surface area contributed by atoms with Crippen LogP contribution in [0.15, 0.2) is 36.4 Å². The first kappa shape index (κ1) is 19.6. The SMILES string of the molecule is COc1cccc(C(=O)Nc2nc3ccc4nc(NCCN(C)C)sc4c3s2)c1. The number of nitrogens with zero attached hydrogens (tertiary/aromatic N) is 3.